The third-order valence-electron chi connectivity index (χ3n) is 3.01. The molecule has 0 saturated heterocycles. The predicted molar refractivity (Wildman–Crippen MR) is 57.6 cm³/mol. The lowest BCUT2D eigenvalue weighted by Crippen LogP contribution is -1.97. The smallest absolute Gasteiger partial charge is 0.123 e. The van der Waals surface area contributed by atoms with Crippen LogP contribution in [0.2, 0.25) is 5.02 Å². The lowest BCUT2D eigenvalue weighted by Gasteiger charge is -2.11. The molecular formula is C12H13ClO. The summed E-state index contributed by atoms with van der Waals surface area (Å²) in [5, 5.41) is 0.837. The van der Waals surface area contributed by atoms with Crippen LogP contribution in [0.25, 0.3) is 0 Å². The van der Waals surface area contributed by atoms with Crippen LogP contribution in [-0.4, -0.2) is 6.29 Å². The molecule has 0 spiro atoms. The lowest BCUT2D eigenvalue weighted by molar-refractivity contribution is -0.110. The third-order valence-corrected chi connectivity index (χ3v) is 3.35. The Kier molecular flexibility index (Phi) is 2.87. The Balaban J connectivity index is 2.17. The van der Waals surface area contributed by atoms with Crippen molar-refractivity contribution in [3.8, 4) is 0 Å². The molecule has 0 N–H and O–H groups in total. The van der Waals surface area contributed by atoms with Crippen molar-refractivity contribution in [3.63, 3.8) is 0 Å². The van der Waals surface area contributed by atoms with E-state index >= 15 is 0 Å². The number of aldehydes is 1. The lowest BCUT2D eigenvalue weighted by atomic mass is 9.96. The zero-order valence-corrected chi connectivity index (χ0v) is 8.70. The highest BCUT2D eigenvalue weighted by atomic mass is 35.5. The highest BCUT2D eigenvalue weighted by molar-refractivity contribution is 6.31. The van der Waals surface area contributed by atoms with Crippen LogP contribution in [0, 0.1) is 5.92 Å². The summed E-state index contributed by atoms with van der Waals surface area (Å²) in [7, 11) is 0. The summed E-state index contributed by atoms with van der Waals surface area (Å²) in [5.74, 6) is 0.732. The van der Waals surface area contributed by atoms with Gasteiger partial charge >= 0.3 is 0 Å². The summed E-state index contributed by atoms with van der Waals surface area (Å²) in [5.41, 5.74) is 1.21. The van der Waals surface area contributed by atoms with Crippen molar-refractivity contribution in [2.75, 3.05) is 0 Å². The van der Waals surface area contributed by atoms with Gasteiger partial charge < -0.3 is 4.79 Å². The van der Waals surface area contributed by atoms with Crippen LogP contribution >= 0.6 is 11.6 Å². The summed E-state index contributed by atoms with van der Waals surface area (Å²) >= 11 is 6.11. The first-order valence-corrected chi connectivity index (χ1v) is 5.39. The highest BCUT2D eigenvalue weighted by Crippen LogP contribution is 2.39. The van der Waals surface area contributed by atoms with Crippen LogP contribution in [0.15, 0.2) is 24.3 Å². The topological polar surface area (TPSA) is 17.1 Å². The number of hydrogen-bond acceptors (Lipinski definition) is 1. The van der Waals surface area contributed by atoms with Gasteiger partial charge in [0.2, 0.25) is 0 Å². The molecule has 74 valence electrons. The van der Waals surface area contributed by atoms with E-state index in [0.29, 0.717) is 5.92 Å². The maximum absolute atomic E-state index is 10.6. The number of carbonyl (C=O) groups is 1. The molecule has 0 aromatic heterocycles. The molecule has 2 atom stereocenters. The standard InChI is InChI=1S/C12H13ClO/c13-12-4-2-1-3-11(12)10-6-5-9(7-10)8-14/h1-4,8-10H,5-7H2. The molecule has 2 heteroatoms. The number of halogens is 1. The fourth-order valence-corrected chi connectivity index (χ4v) is 2.52. The fourth-order valence-electron chi connectivity index (χ4n) is 2.23. The van der Waals surface area contributed by atoms with Crippen LogP contribution in [0.5, 0.6) is 0 Å². The van der Waals surface area contributed by atoms with E-state index in [1.165, 1.54) is 5.56 Å². The first-order valence-electron chi connectivity index (χ1n) is 5.01. The SMILES string of the molecule is O=CC1CCC(c2ccccc2Cl)C1. The van der Waals surface area contributed by atoms with Gasteiger partial charge in [-0.3, -0.25) is 0 Å². The number of rotatable bonds is 2. The summed E-state index contributed by atoms with van der Waals surface area (Å²) < 4.78 is 0. The van der Waals surface area contributed by atoms with Crippen LogP contribution in [0.1, 0.15) is 30.7 Å². The second kappa shape index (κ2) is 4.14. The Morgan fingerprint density at radius 1 is 1.29 bits per heavy atom. The average Bonchev–Trinajstić information content (AvgIpc) is 2.67. The normalized spacial score (nSPS) is 26.4. The monoisotopic (exact) mass is 208 g/mol. The van der Waals surface area contributed by atoms with Crippen LogP contribution < -0.4 is 0 Å². The van der Waals surface area contributed by atoms with E-state index in [1.54, 1.807) is 0 Å². The summed E-state index contributed by atoms with van der Waals surface area (Å²) in [6, 6.07) is 7.94. The Morgan fingerprint density at radius 2 is 2.07 bits per heavy atom. The van der Waals surface area contributed by atoms with Crippen molar-refractivity contribution in [3.05, 3.63) is 34.9 Å². The predicted octanol–water partition coefficient (Wildman–Crippen LogP) is 3.42. The van der Waals surface area contributed by atoms with E-state index in [2.05, 4.69) is 6.07 Å². The van der Waals surface area contributed by atoms with Gasteiger partial charge in [0.05, 0.1) is 0 Å². The molecular weight excluding hydrogens is 196 g/mol. The Labute approximate surface area is 89.1 Å². The minimum Gasteiger partial charge on any atom is -0.303 e. The number of benzene rings is 1. The van der Waals surface area contributed by atoms with Gasteiger partial charge in [-0.25, -0.2) is 0 Å². The van der Waals surface area contributed by atoms with E-state index in [0.717, 1.165) is 30.6 Å². The minimum atomic E-state index is 0.247. The molecule has 1 aromatic carbocycles. The summed E-state index contributed by atoms with van der Waals surface area (Å²) in [6.07, 6.45) is 4.15. The van der Waals surface area contributed by atoms with Crippen molar-refractivity contribution in [1.82, 2.24) is 0 Å². The van der Waals surface area contributed by atoms with Crippen molar-refractivity contribution in [2.45, 2.75) is 25.2 Å². The largest absolute Gasteiger partial charge is 0.303 e. The molecule has 1 aliphatic carbocycles. The number of carbonyl (C=O) groups excluding carboxylic acids is 1. The zero-order chi connectivity index (χ0) is 9.97. The van der Waals surface area contributed by atoms with Gasteiger partial charge in [0.15, 0.2) is 0 Å². The molecule has 2 rings (SSSR count). The maximum Gasteiger partial charge on any atom is 0.123 e. The maximum atomic E-state index is 10.6. The Hall–Kier alpha value is -0.820. The van der Waals surface area contributed by atoms with Crippen LogP contribution in [0.4, 0.5) is 0 Å². The van der Waals surface area contributed by atoms with Gasteiger partial charge in [-0.1, -0.05) is 29.8 Å². The molecule has 2 unspecified atom stereocenters. The van der Waals surface area contributed by atoms with Crippen LogP contribution in [-0.2, 0) is 4.79 Å². The average molecular weight is 209 g/mol. The van der Waals surface area contributed by atoms with E-state index < -0.39 is 0 Å². The van der Waals surface area contributed by atoms with Crippen molar-refractivity contribution < 1.29 is 4.79 Å². The summed E-state index contributed by atoms with van der Waals surface area (Å²) in [6.45, 7) is 0. The van der Waals surface area contributed by atoms with Crippen molar-refractivity contribution in [1.29, 1.82) is 0 Å². The van der Waals surface area contributed by atoms with Gasteiger partial charge in [-0.05, 0) is 36.8 Å². The molecule has 0 aliphatic heterocycles. The fraction of sp³-hybridized carbons (Fsp3) is 0.417. The Bertz CT molecular complexity index is 335. The van der Waals surface area contributed by atoms with Crippen molar-refractivity contribution >= 4 is 17.9 Å². The first-order chi connectivity index (χ1) is 6.81. The van der Waals surface area contributed by atoms with Crippen molar-refractivity contribution in [2.24, 2.45) is 5.92 Å². The van der Waals surface area contributed by atoms with Gasteiger partial charge in [0.1, 0.15) is 6.29 Å². The van der Waals surface area contributed by atoms with E-state index in [-0.39, 0.29) is 5.92 Å². The molecule has 1 nitrogen and oxygen atoms in total. The van der Waals surface area contributed by atoms with E-state index in [1.807, 2.05) is 18.2 Å². The van der Waals surface area contributed by atoms with Crippen LogP contribution in [0.3, 0.4) is 0 Å². The molecule has 0 bridgehead atoms. The molecule has 1 saturated carbocycles. The third kappa shape index (κ3) is 1.83. The molecule has 1 fully saturated rings. The molecule has 0 heterocycles. The second-order valence-electron chi connectivity index (χ2n) is 3.93. The highest BCUT2D eigenvalue weighted by Gasteiger charge is 2.26. The second-order valence-corrected chi connectivity index (χ2v) is 4.33. The van der Waals surface area contributed by atoms with Gasteiger partial charge in [0, 0.05) is 10.9 Å². The first kappa shape index (κ1) is 9.72. The Morgan fingerprint density at radius 3 is 2.71 bits per heavy atom. The zero-order valence-electron chi connectivity index (χ0n) is 7.95. The number of hydrogen-bond donors (Lipinski definition) is 0. The van der Waals surface area contributed by atoms with E-state index in [4.69, 9.17) is 11.6 Å². The molecule has 14 heavy (non-hydrogen) atoms. The van der Waals surface area contributed by atoms with Gasteiger partial charge in [0.25, 0.3) is 0 Å². The molecule has 0 amide bonds. The molecule has 0 radical (unpaired) electrons. The quantitative estimate of drug-likeness (QED) is 0.681. The molecule has 1 aromatic rings. The molecule has 1 aliphatic rings. The summed E-state index contributed by atoms with van der Waals surface area (Å²) in [4.78, 5) is 10.6. The van der Waals surface area contributed by atoms with Gasteiger partial charge in [-0.2, -0.15) is 0 Å². The minimum absolute atomic E-state index is 0.247. The van der Waals surface area contributed by atoms with Gasteiger partial charge in [-0.15, -0.1) is 0 Å². The van der Waals surface area contributed by atoms with E-state index in [9.17, 15) is 4.79 Å².